The molecule has 196 valence electrons. The Balaban J connectivity index is 1.78. The predicted octanol–water partition coefficient (Wildman–Crippen LogP) is 1.68. The van der Waals surface area contributed by atoms with Gasteiger partial charge in [0.15, 0.2) is 11.2 Å². The molecule has 0 amide bonds. The van der Waals surface area contributed by atoms with Gasteiger partial charge >= 0.3 is 11.7 Å². The molecule has 3 heterocycles. The number of hydrogen-bond acceptors (Lipinski definition) is 7. The second-order valence-electron chi connectivity index (χ2n) is 9.42. The molecule has 5 rings (SSSR count). The maximum absolute atomic E-state index is 14.0. The zero-order valence-electron chi connectivity index (χ0n) is 21.5. The van der Waals surface area contributed by atoms with Crippen molar-refractivity contribution in [2.45, 2.75) is 45.4 Å². The number of ether oxygens (including phenoxy) is 1. The fourth-order valence-electron chi connectivity index (χ4n) is 5.10. The van der Waals surface area contributed by atoms with E-state index >= 15 is 0 Å². The van der Waals surface area contributed by atoms with E-state index in [4.69, 9.17) is 15.5 Å². The molecule has 1 fully saturated rings. The number of piperidine rings is 1. The Kier molecular flexibility index (Phi) is 7.03. The summed E-state index contributed by atoms with van der Waals surface area (Å²) in [7, 11) is 1.26. The average molecular weight is 515 g/mol. The van der Waals surface area contributed by atoms with E-state index < -0.39 is 17.2 Å². The molecule has 1 saturated heterocycles. The van der Waals surface area contributed by atoms with Crippen molar-refractivity contribution in [1.82, 2.24) is 18.7 Å². The number of fused-ring (bicyclic) bond motifs is 2. The van der Waals surface area contributed by atoms with Crippen molar-refractivity contribution >= 4 is 33.9 Å². The number of anilines is 1. The van der Waals surface area contributed by atoms with Crippen LogP contribution in [-0.4, -0.2) is 50.9 Å². The van der Waals surface area contributed by atoms with Crippen LogP contribution in [0.3, 0.4) is 0 Å². The van der Waals surface area contributed by atoms with Crippen molar-refractivity contribution in [3.63, 3.8) is 0 Å². The van der Waals surface area contributed by atoms with Gasteiger partial charge < -0.3 is 15.4 Å². The summed E-state index contributed by atoms with van der Waals surface area (Å²) < 4.78 is 8.98. The Bertz CT molecular complexity index is 1700. The lowest BCUT2D eigenvalue weighted by Crippen LogP contribution is -2.44. The molecule has 1 atom stereocenters. The van der Waals surface area contributed by atoms with Gasteiger partial charge in [0.1, 0.15) is 6.54 Å². The summed E-state index contributed by atoms with van der Waals surface area (Å²) >= 11 is 0. The molecule has 38 heavy (non-hydrogen) atoms. The molecular formula is C28H30N6O4. The molecule has 0 aliphatic carbocycles. The van der Waals surface area contributed by atoms with Crippen LogP contribution in [0.4, 0.5) is 5.95 Å². The zero-order valence-corrected chi connectivity index (χ0v) is 21.5. The highest BCUT2D eigenvalue weighted by Crippen LogP contribution is 2.24. The number of carbonyl (C=O) groups excluding carboxylic acids is 1. The highest BCUT2D eigenvalue weighted by Gasteiger charge is 2.27. The fraction of sp³-hybridized carbons (Fsp3) is 0.357. The van der Waals surface area contributed by atoms with Crippen LogP contribution in [0.2, 0.25) is 0 Å². The van der Waals surface area contributed by atoms with Crippen molar-refractivity contribution in [1.29, 1.82) is 0 Å². The lowest BCUT2D eigenvalue weighted by Gasteiger charge is -2.31. The lowest BCUT2D eigenvalue weighted by atomic mass is 10.0. The molecule has 0 bridgehead atoms. The third kappa shape index (κ3) is 4.57. The molecule has 0 radical (unpaired) electrons. The van der Waals surface area contributed by atoms with E-state index in [0.29, 0.717) is 19.0 Å². The minimum atomic E-state index is -0.631. The lowest BCUT2D eigenvalue weighted by molar-refractivity contribution is -0.141. The summed E-state index contributed by atoms with van der Waals surface area (Å²) in [5, 5.41) is 1.94. The molecule has 0 saturated carbocycles. The van der Waals surface area contributed by atoms with E-state index in [1.807, 2.05) is 47.4 Å². The number of aromatic nitrogens is 4. The van der Waals surface area contributed by atoms with Crippen LogP contribution < -0.4 is 21.9 Å². The van der Waals surface area contributed by atoms with Gasteiger partial charge in [0.05, 0.1) is 20.2 Å². The third-order valence-corrected chi connectivity index (χ3v) is 6.97. The Morgan fingerprint density at radius 2 is 1.92 bits per heavy atom. The Morgan fingerprint density at radius 1 is 1.13 bits per heavy atom. The number of imidazole rings is 1. The number of methoxy groups -OCH3 is 1. The molecule has 1 aliphatic heterocycles. The SMILES string of the molecule is CC#CCn1c(N2CCCC(N)C2)nc2c1c(=O)n(Cc1cccc3ccccc13)c(=O)n2CC(=O)OC. The predicted molar refractivity (Wildman–Crippen MR) is 146 cm³/mol. The first-order valence-electron chi connectivity index (χ1n) is 12.6. The molecule has 2 aromatic carbocycles. The number of carbonyl (C=O) groups is 1. The summed E-state index contributed by atoms with van der Waals surface area (Å²) in [6.45, 7) is 2.85. The molecule has 1 aliphatic rings. The summed E-state index contributed by atoms with van der Waals surface area (Å²) in [4.78, 5) is 46.9. The van der Waals surface area contributed by atoms with E-state index in [1.165, 1.54) is 11.7 Å². The van der Waals surface area contributed by atoms with Gasteiger partial charge in [0.2, 0.25) is 5.95 Å². The molecule has 0 spiro atoms. The van der Waals surface area contributed by atoms with Crippen molar-refractivity contribution in [3.8, 4) is 11.8 Å². The van der Waals surface area contributed by atoms with Crippen molar-refractivity contribution in [2.75, 3.05) is 25.1 Å². The third-order valence-electron chi connectivity index (χ3n) is 6.97. The van der Waals surface area contributed by atoms with Gasteiger partial charge in [-0.2, -0.15) is 4.98 Å². The summed E-state index contributed by atoms with van der Waals surface area (Å²) in [6.07, 6.45) is 1.78. The monoisotopic (exact) mass is 514 g/mol. The van der Waals surface area contributed by atoms with Crippen LogP contribution in [0.5, 0.6) is 0 Å². The van der Waals surface area contributed by atoms with Crippen LogP contribution in [0.25, 0.3) is 21.9 Å². The van der Waals surface area contributed by atoms with E-state index in [9.17, 15) is 14.4 Å². The van der Waals surface area contributed by atoms with Gasteiger partial charge in [-0.25, -0.2) is 4.79 Å². The molecule has 10 nitrogen and oxygen atoms in total. The van der Waals surface area contributed by atoms with E-state index in [2.05, 4.69) is 11.8 Å². The average Bonchev–Trinajstić information content (AvgIpc) is 3.31. The number of hydrogen-bond donors (Lipinski definition) is 1. The highest BCUT2D eigenvalue weighted by atomic mass is 16.5. The smallest absolute Gasteiger partial charge is 0.333 e. The molecule has 2 N–H and O–H groups in total. The van der Waals surface area contributed by atoms with Gasteiger partial charge in [0.25, 0.3) is 5.56 Å². The van der Waals surface area contributed by atoms with Crippen LogP contribution in [0, 0.1) is 11.8 Å². The minimum Gasteiger partial charge on any atom is -0.468 e. The van der Waals surface area contributed by atoms with Gasteiger partial charge in [-0.3, -0.25) is 23.3 Å². The maximum Gasteiger partial charge on any atom is 0.333 e. The molecular weight excluding hydrogens is 484 g/mol. The van der Waals surface area contributed by atoms with Crippen LogP contribution in [0.15, 0.2) is 52.1 Å². The first kappa shape index (κ1) is 25.3. The molecule has 2 aromatic heterocycles. The summed E-state index contributed by atoms with van der Waals surface area (Å²) in [6, 6.07) is 13.5. The van der Waals surface area contributed by atoms with E-state index in [-0.39, 0.29) is 36.8 Å². The number of rotatable bonds is 6. The molecule has 10 heteroatoms. The van der Waals surface area contributed by atoms with Gasteiger partial charge in [-0.05, 0) is 36.1 Å². The summed E-state index contributed by atoms with van der Waals surface area (Å²) in [5.41, 5.74) is 6.28. The number of nitrogens with zero attached hydrogens (tertiary/aromatic N) is 5. The molecule has 1 unspecified atom stereocenters. The zero-order chi connectivity index (χ0) is 26.8. The van der Waals surface area contributed by atoms with E-state index in [1.54, 1.807) is 11.5 Å². The van der Waals surface area contributed by atoms with Crippen molar-refractivity contribution in [2.24, 2.45) is 5.73 Å². The fourth-order valence-corrected chi connectivity index (χ4v) is 5.10. The van der Waals surface area contributed by atoms with Gasteiger partial charge in [0, 0.05) is 19.1 Å². The van der Waals surface area contributed by atoms with Crippen molar-refractivity contribution in [3.05, 3.63) is 68.9 Å². The maximum atomic E-state index is 14.0. The van der Waals surface area contributed by atoms with E-state index in [0.717, 1.165) is 33.7 Å². The number of benzene rings is 2. The molecule has 4 aromatic rings. The minimum absolute atomic E-state index is 0.0324. The quantitative estimate of drug-likeness (QED) is 0.307. The van der Waals surface area contributed by atoms with Crippen LogP contribution >= 0.6 is 0 Å². The van der Waals surface area contributed by atoms with Crippen LogP contribution in [0.1, 0.15) is 25.3 Å². The number of nitrogens with two attached hydrogens (primary N) is 1. The number of esters is 1. The first-order chi connectivity index (χ1) is 18.4. The van der Waals surface area contributed by atoms with Crippen molar-refractivity contribution < 1.29 is 9.53 Å². The topological polar surface area (TPSA) is 117 Å². The summed E-state index contributed by atoms with van der Waals surface area (Å²) in [5.74, 6) is 5.80. The Labute approximate surface area is 219 Å². The van der Waals surface area contributed by atoms with Crippen LogP contribution in [-0.2, 0) is 29.2 Å². The highest BCUT2D eigenvalue weighted by molar-refractivity contribution is 5.85. The normalized spacial score (nSPS) is 15.4. The Morgan fingerprint density at radius 3 is 2.68 bits per heavy atom. The van der Waals surface area contributed by atoms with Gasteiger partial charge in [-0.15, -0.1) is 5.92 Å². The first-order valence-corrected chi connectivity index (χ1v) is 12.6. The largest absolute Gasteiger partial charge is 0.468 e. The Hall–Kier alpha value is -4.36. The second kappa shape index (κ2) is 10.6. The standard InChI is InChI=1S/C28H30N6O4/c1-3-4-15-32-24-25(30-27(32)31-14-8-12-21(29)17-31)33(18-23(35)38-2)28(37)34(26(24)36)16-20-11-7-10-19-9-5-6-13-22(19)20/h5-7,9-11,13,21H,8,12,14-18,29H2,1-2H3. The van der Waals surface area contributed by atoms with Gasteiger partial charge in [-0.1, -0.05) is 48.4 Å². The second-order valence-corrected chi connectivity index (χ2v) is 9.42.